The van der Waals surface area contributed by atoms with Gasteiger partial charge in [0.25, 0.3) is 0 Å². The van der Waals surface area contributed by atoms with Crippen molar-refractivity contribution in [2.24, 2.45) is 5.73 Å². The number of halogens is 1. The van der Waals surface area contributed by atoms with Gasteiger partial charge in [0.2, 0.25) is 0 Å². The van der Waals surface area contributed by atoms with Crippen molar-refractivity contribution >= 4 is 23.0 Å². The first kappa shape index (κ1) is 20.4. The number of aromatic nitrogens is 3. The van der Waals surface area contributed by atoms with Gasteiger partial charge in [-0.15, -0.1) is 10.2 Å². The summed E-state index contributed by atoms with van der Waals surface area (Å²) < 4.78 is 13.7. The van der Waals surface area contributed by atoms with Crippen molar-refractivity contribution in [3.8, 4) is 11.3 Å². The summed E-state index contributed by atoms with van der Waals surface area (Å²) in [7, 11) is 0. The lowest BCUT2D eigenvalue weighted by Crippen LogP contribution is -2.42. The highest BCUT2D eigenvalue weighted by molar-refractivity contribution is 5.85. The van der Waals surface area contributed by atoms with Crippen LogP contribution in [0.4, 0.5) is 10.2 Å². The predicted octanol–water partition coefficient (Wildman–Crippen LogP) is 3.00. The topological polar surface area (TPSA) is 99.9 Å². The number of fused-ring (bicyclic) bond motifs is 1. The van der Waals surface area contributed by atoms with Crippen LogP contribution >= 0.6 is 0 Å². The number of hydrogen-bond donors (Lipinski definition) is 3. The number of benzene rings is 1. The Hall–Kier alpha value is -2.84. The molecule has 1 aliphatic rings. The highest BCUT2D eigenvalue weighted by Gasteiger charge is 2.22. The Morgan fingerprint density at radius 3 is 3.07 bits per heavy atom. The minimum Gasteiger partial charge on any atom is -0.364 e. The summed E-state index contributed by atoms with van der Waals surface area (Å²) in [5, 5.41) is 13.0. The molecule has 0 spiro atoms. The van der Waals surface area contributed by atoms with Gasteiger partial charge < -0.3 is 25.7 Å². The summed E-state index contributed by atoms with van der Waals surface area (Å²) in [6.07, 6.45) is 5.00. The van der Waals surface area contributed by atoms with Crippen LogP contribution in [0.25, 0.3) is 22.2 Å². The van der Waals surface area contributed by atoms with Crippen molar-refractivity contribution in [3.63, 3.8) is 0 Å². The Balaban J connectivity index is 1.58. The Morgan fingerprint density at radius 2 is 2.27 bits per heavy atom. The van der Waals surface area contributed by atoms with E-state index in [0.29, 0.717) is 24.2 Å². The van der Waals surface area contributed by atoms with Crippen molar-refractivity contribution in [1.29, 1.82) is 0 Å². The second-order valence-electron chi connectivity index (χ2n) is 7.84. The number of carbonyl (C=O) groups is 1. The summed E-state index contributed by atoms with van der Waals surface area (Å²) in [4.78, 5) is 15.9. The van der Waals surface area contributed by atoms with E-state index >= 15 is 0 Å². The fourth-order valence-corrected chi connectivity index (χ4v) is 4.24. The number of likely N-dealkylation sites (tertiary alicyclic amines) is 1. The van der Waals surface area contributed by atoms with Crippen molar-refractivity contribution in [1.82, 2.24) is 20.1 Å². The molecular formula is C22H27FN6O. The third-order valence-electron chi connectivity index (χ3n) is 5.86. The largest absolute Gasteiger partial charge is 0.364 e. The van der Waals surface area contributed by atoms with Gasteiger partial charge in [-0.1, -0.05) is 6.07 Å². The number of nitrogens with one attached hydrogen (secondary N) is 2. The monoisotopic (exact) mass is 410 g/mol. The molecule has 4 N–H and O–H groups in total. The van der Waals surface area contributed by atoms with E-state index in [2.05, 4.69) is 25.4 Å². The SMILES string of the molecule is Cc1c(-c2ccc3c(F)c[nH]c3c2)nnc(NC2CCCN(CCC=O)C2)c1CN. The lowest BCUT2D eigenvalue weighted by molar-refractivity contribution is -0.108. The quantitative estimate of drug-likeness (QED) is 0.518. The van der Waals surface area contributed by atoms with E-state index in [-0.39, 0.29) is 11.9 Å². The molecule has 8 heteroatoms. The van der Waals surface area contributed by atoms with E-state index in [0.717, 1.165) is 66.7 Å². The normalized spacial score (nSPS) is 17.4. The fourth-order valence-electron chi connectivity index (χ4n) is 4.24. The summed E-state index contributed by atoms with van der Waals surface area (Å²) in [6, 6.07) is 5.74. The fraction of sp³-hybridized carbons (Fsp3) is 0.409. The molecule has 1 atom stereocenters. The van der Waals surface area contributed by atoms with Gasteiger partial charge in [0.05, 0.1) is 5.69 Å². The summed E-state index contributed by atoms with van der Waals surface area (Å²) in [5.41, 5.74) is 10.3. The molecule has 1 unspecified atom stereocenters. The molecule has 4 rings (SSSR count). The maximum absolute atomic E-state index is 13.7. The standard InChI is InChI=1S/C22H27FN6O/c1-14-18(11-24)22(26-16-4-2-7-29(13-16)8-3-9-30)28-27-21(14)15-5-6-17-19(23)12-25-20(17)10-15/h5-6,9-10,12,16,25H,2-4,7-8,11,13,24H2,1H3,(H,26,28). The molecule has 1 saturated heterocycles. The minimum atomic E-state index is -0.267. The summed E-state index contributed by atoms with van der Waals surface area (Å²) >= 11 is 0. The number of piperidine rings is 1. The lowest BCUT2D eigenvalue weighted by atomic mass is 10.0. The van der Waals surface area contributed by atoms with Crippen molar-refractivity contribution in [3.05, 3.63) is 41.3 Å². The Kier molecular flexibility index (Phi) is 6.06. The molecule has 30 heavy (non-hydrogen) atoms. The van der Waals surface area contributed by atoms with Gasteiger partial charge in [0, 0.05) is 60.3 Å². The molecule has 0 bridgehead atoms. The number of nitrogens with two attached hydrogens (primary N) is 1. The molecule has 3 aromatic rings. The van der Waals surface area contributed by atoms with Crippen LogP contribution in [0, 0.1) is 12.7 Å². The average molecular weight is 410 g/mol. The maximum atomic E-state index is 13.7. The second-order valence-corrected chi connectivity index (χ2v) is 7.84. The van der Waals surface area contributed by atoms with Crippen molar-refractivity contribution in [2.45, 2.75) is 38.8 Å². The predicted molar refractivity (Wildman–Crippen MR) is 116 cm³/mol. The Morgan fingerprint density at radius 1 is 1.40 bits per heavy atom. The first-order valence-electron chi connectivity index (χ1n) is 10.4. The number of hydrogen-bond acceptors (Lipinski definition) is 6. The van der Waals surface area contributed by atoms with Gasteiger partial charge in [0.1, 0.15) is 12.1 Å². The van der Waals surface area contributed by atoms with Crippen LogP contribution in [0.5, 0.6) is 0 Å². The van der Waals surface area contributed by atoms with Crippen LogP contribution in [0.15, 0.2) is 24.4 Å². The minimum absolute atomic E-state index is 0.244. The van der Waals surface area contributed by atoms with Crippen molar-refractivity contribution in [2.75, 3.05) is 25.0 Å². The van der Waals surface area contributed by atoms with E-state index in [1.165, 1.54) is 6.20 Å². The number of rotatable bonds is 7. The number of H-pyrrole nitrogens is 1. The van der Waals surface area contributed by atoms with Crippen LogP contribution in [0.2, 0.25) is 0 Å². The maximum Gasteiger partial charge on any atom is 0.153 e. The third-order valence-corrected chi connectivity index (χ3v) is 5.86. The van der Waals surface area contributed by atoms with E-state index < -0.39 is 0 Å². The van der Waals surface area contributed by atoms with Crippen LogP contribution in [-0.2, 0) is 11.3 Å². The highest BCUT2D eigenvalue weighted by atomic mass is 19.1. The van der Waals surface area contributed by atoms with E-state index in [4.69, 9.17) is 5.73 Å². The Bertz CT molecular complexity index is 1050. The van der Waals surface area contributed by atoms with Crippen LogP contribution in [0.3, 0.4) is 0 Å². The van der Waals surface area contributed by atoms with Gasteiger partial charge in [-0.3, -0.25) is 0 Å². The smallest absolute Gasteiger partial charge is 0.153 e. The molecular weight excluding hydrogens is 383 g/mol. The molecule has 3 heterocycles. The van der Waals surface area contributed by atoms with E-state index in [1.807, 2.05) is 19.1 Å². The van der Waals surface area contributed by atoms with Crippen LogP contribution < -0.4 is 11.1 Å². The zero-order valence-corrected chi connectivity index (χ0v) is 17.1. The molecule has 1 aliphatic heterocycles. The zero-order valence-electron chi connectivity index (χ0n) is 17.1. The van der Waals surface area contributed by atoms with Gasteiger partial charge in [-0.05, 0) is 44.0 Å². The number of carbonyl (C=O) groups excluding carboxylic acids is 1. The van der Waals surface area contributed by atoms with Crippen LogP contribution in [-0.4, -0.2) is 52.0 Å². The molecule has 2 aromatic heterocycles. The molecule has 0 radical (unpaired) electrons. The number of anilines is 1. The molecule has 7 nitrogen and oxygen atoms in total. The number of aromatic amines is 1. The highest BCUT2D eigenvalue weighted by Crippen LogP contribution is 2.30. The molecule has 0 aliphatic carbocycles. The average Bonchev–Trinajstić information content (AvgIpc) is 3.13. The summed E-state index contributed by atoms with van der Waals surface area (Å²) in [5.74, 6) is 0.448. The molecule has 1 fully saturated rings. The number of aldehydes is 1. The van der Waals surface area contributed by atoms with Gasteiger partial charge in [-0.2, -0.15) is 0 Å². The first-order chi connectivity index (χ1) is 14.6. The van der Waals surface area contributed by atoms with Crippen LogP contribution in [0.1, 0.15) is 30.4 Å². The summed E-state index contributed by atoms with van der Waals surface area (Å²) in [6.45, 7) is 5.01. The molecule has 0 saturated carbocycles. The number of nitrogens with zero attached hydrogens (tertiary/aromatic N) is 3. The lowest BCUT2D eigenvalue weighted by Gasteiger charge is -2.33. The van der Waals surface area contributed by atoms with Crippen molar-refractivity contribution < 1.29 is 9.18 Å². The second kappa shape index (κ2) is 8.89. The molecule has 1 aromatic carbocycles. The Labute approximate surface area is 174 Å². The third kappa shape index (κ3) is 4.06. The molecule has 158 valence electrons. The van der Waals surface area contributed by atoms with Gasteiger partial charge >= 0.3 is 0 Å². The van der Waals surface area contributed by atoms with E-state index in [9.17, 15) is 9.18 Å². The van der Waals surface area contributed by atoms with E-state index in [1.54, 1.807) is 6.07 Å². The first-order valence-corrected chi connectivity index (χ1v) is 10.4. The van der Waals surface area contributed by atoms with Gasteiger partial charge in [-0.25, -0.2) is 4.39 Å². The zero-order chi connectivity index (χ0) is 21.1. The molecule has 0 amide bonds. The van der Waals surface area contributed by atoms with Gasteiger partial charge in [0.15, 0.2) is 5.82 Å².